The first-order valence-electron chi connectivity index (χ1n) is 4.54. The molecule has 0 heterocycles. The second kappa shape index (κ2) is 5.18. The van der Waals surface area contributed by atoms with Crippen molar-refractivity contribution in [1.29, 1.82) is 0 Å². The van der Waals surface area contributed by atoms with Gasteiger partial charge >= 0.3 is 0 Å². The number of terminal acetylenes is 1. The van der Waals surface area contributed by atoms with Crippen molar-refractivity contribution in [3.05, 3.63) is 0 Å². The third-order valence-corrected chi connectivity index (χ3v) is 2.21. The Hall–Kier alpha value is -0.520. The number of hydrogen-bond acceptors (Lipinski definition) is 2. The lowest BCUT2D eigenvalue weighted by Gasteiger charge is -2.15. The molecule has 0 saturated heterocycles. The van der Waals surface area contributed by atoms with E-state index in [4.69, 9.17) is 11.2 Å². The highest BCUT2D eigenvalue weighted by atomic mass is 16.5. The lowest BCUT2D eigenvalue weighted by atomic mass is 10.2. The molecule has 0 spiro atoms. The fraction of sp³-hybridized carbons (Fsp3) is 0.800. The Balaban J connectivity index is 2.10. The highest BCUT2D eigenvalue weighted by molar-refractivity contribution is 4.89. The van der Waals surface area contributed by atoms with E-state index in [-0.39, 0.29) is 0 Å². The summed E-state index contributed by atoms with van der Waals surface area (Å²) in [6.45, 7) is 1.73. The predicted molar refractivity (Wildman–Crippen MR) is 49.8 cm³/mol. The maximum atomic E-state index is 5.16. The van der Waals surface area contributed by atoms with Gasteiger partial charge in [0, 0.05) is 26.1 Å². The fourth-order valence-electron chi connectivity index (χ4n) is 1.37. The molecular weight excluding hydrogens is 150 g/mol. The summed E-state index contributed by atoms with van der Waals surface area (Å²) < 4.78 is 5.12. The maximum Gasteiger partial charge on any atom is 0.0618 e. The van der Waals surface area contributed by atoms with Gasteiger partial charge in [-0.15, -0.1) is 12.3 Å². The summed E-state index contributed by atoms with van der Waals surface area (Å²) in [4.78, 5) is 0. The van der Waals surface area contributed by atoms with E-state index in [1.807, 2.05) is 0 Å². The smallest absolute Gasteiger partial charge is 0.0618 e. The molecule has 1 aliphatic rings. The van der Waals surface area contributed by atoms with Crippen molar-refractivity contribution in [2.75, 3.05) is 20.3 Å². The SMILES string of the molecule is C#CCCNC(COC)C1CC1. The molecule has 1 unspecified atom stereocenters. The summed E-state index contributed by atoms with van der Waals surface area (Å²) in [5.74, 6) is 3.46. The normalized spacial score (nSPS) is 18.7. The number of rotatable bonds is 6. The van der Waals surface area contributed by atoms with Crippen LogP contribution < -0.4 is 5.32 Å². The largest absolute Gasteiger partial charge is 0.383 e. The van der Waals surface area contributed by atoms with E-state index >= 15 is 0 Å². The van der Waals surface area contributed by atoms with Gasteiger partial charge in [0.2, 0.25) is 0 Å². The first-order valence-corrected chi connectivity index (χ1v) is 4.54. The number of nitrogens with one attached hydrogen (secondary N) is 1. The van der Waals surface area contributed by atoms with Gasteiger partial charge in [-0.3, -0.25) is 0 Å². The van der Waals surface area contributed by atoms with Gasteiger partial charge in [-0.1, -0.05) is 0 Å². The zero-order chi connectivity index (χ0) is 8.81. The van der Waals surface area contributed by atoms with Gasteiger partial charge in [-0.25, -0.2) is 0 Å². The lowest BCUT2D eigenvalue weighted by molar-refractivity contribution is 0.158. The average Bonchev–Trinajstić information content (AvgIpc) is 2.86. The number of ether oxygens (including phenoxy) is 1. The highest BCUT2D eigenvalue weighted by Gasteiger charge is 2.30. The Bertz CT molecular complexity index is 158. The topological polar surface area (TPSA) is 21.3 Å². The van der Waals surface area contributed by atoms with Crippen LogP contribution in [0.25, 0.3) is 0 Å². The standard InChI is InChI=1S/C10H17NO/c1-3-4-7-11-10(8-12-2)9-5-6-9/h1,9-11H,4-8H2,2H3. The van der Waals surface area contributed by atoms with Crippen molar-refractivity contribution >= 4 is 0 Å². The molecule has 1 saturated carbocycles. The van der Waals surface area contributed by atoms with E-state index in [9.17, 15) is 0 Å². The molecule has 0 aromatic heterocycles. The zero-order valence-electron chi connectivity index (χ0n) is 7.68. The average molecular weight is 167 g/mol. The Kier molecular flexibility index (Phi) is 4.13. The van der Waals surface area contributed by atoms with Crippen molar-refractivity contribution < 1.29 is 4.74 Å². The van der Waals surface area contributed by atoms with E-state index < -0.39 is 0 Å². The van der Waals surface area contributed by atoms with E-state index in [2.05, 4.69) is 11.2 Å². The van der Waals surface area contributed by atoms with Crippen LogP contribution in [0, 0.1) is 18.3 Å². The number of hydrogen-bond donors (Lipinski definition) is 1. The van der Waals surface area contributed by atoms with Crippen molar-refractivity contribution in [2.45, 2.75) is 25.3 Å². The molecule has 1 atom stereocenters. The molecule has 0 bridgehead atoms. The minimum Gasteiger partial charge on any atom is -0.383 e. The summed E-state index contributed by atoms with van der Waals surface area (Å²) in [5.41, 5.74) is 0. The van der Waals surface area contributed by atoms with Crippen LogP contribution in [0.3, 0.4) is 0 Å². The molecule has 1 N–H and O–H groups in total. The quantitative estimate of drug-likeness (QED) is 0.471. The van der Waals surface area contributed by atoms with Crippen molar-refractivity contribution in [2.24, 2.45) is 5.92 Å². The van der Waals surface area contributed by atoms with Gasteiger partial charge in [0.1, 0.15) is 0 Å². The molecule has 1 fully saturated rings. The van der Waals surface area contributed by atoms with Gasteiger partial charge in [0.15, 0.2) is 0 Å². The zero-order valence-corrected chi connectivity index (χ0v) is 7.68. The Morgan fingerprint density at radius 2 is 2.42 bits per heavy atom. The van der Waals surface area contributed by atoms with Gasteiger partial charge in [0.05, 0.1) is 6.61 Å². The van der Waals surface area contributed by atoms with Crippen molar-refractivity contribution in [1.82, 2.24) is 5.32 Å². The molecule has 0 aromatic rings. The molecule has 12 heavy (non-hydrogen) atoms. The van der Waals surface area contributed by atoms with E-state index in [0.29, 0.717) is 6.04 Å². The van der Waals surface area contributed by atoms with Crippen molar-refractivity contribution in [3.8, 4) is 12.3 Å². The second-order valence-corrected chi connectivity index (χ2v) is 3.31. The van der Waals surface area contributed by atoms with Crippen LogP contribution in [0.5, 0.6) is 0 Å². The highest BCUT2D eigenvalue weighted by Crippen LogP contribution is 2.32. The first-order chi connectivity index (χ1) is 5.88. The van der Waals surface area contributed by atoms with Crippen LogP contribution in [0.2, 0.25) is 0 Å². The molecule has 1 rings (SSSR count). The second-order valence-electron chi connectivity index (χ2n) is 3.31. The lowest BCUT2D eigenvalue weighted by Crippen LogP contribution is -2.35. The van der Waals surface area contributed by atoms with Crippen LogP contribution >= 0.6 is 0 Å². The van der Waals surface area contributed by atoms with Crippen LogP contribution in [-0.4, -0.2) is 26.3 Å². The van der Waals surface area contributed by atoms with Crippen LogP contribution in [0.1, 0.15) is 19.3 Å². The third kappa shape index (κ3) is 3.25. The third-order valence-electron chi connectivity index (χ3n) is 2.21. The molecule has 0 aliphatic heterocycles. The molecule has 0 aromatic carbocycles. The minimum atomic E-state index is 0.531. The van der Waals surface area contributed by atoms with Crippen molar-refractivity contribution in [3.63, 3.8) is 0 Å². The van der Waals surface area contributed by atoms with Crippen LogP contribution in [0.4, 0.5) is 0 Å². The van der Waals surface area contributed by atoms with Crippen LogP contribution in [0.15, 0.2) is 0 Å². The maximum absolute atomic E-state index is 5.16. The molecule has 2 heteroatoms. The van der Waals surface area contributed by atoms with Gasteiger partial charge in [-0.2, -0.15) is 0 Å². The predicted octanol–water partition coefficient (Wildman–Crippen LogP) is 1.02. The summed E-state index contributed by atoms with van der Waals surface area (Å²) in [6, 6.07) is 0.531. The molecule has 1 aliphatic carbocycles. The summed E-state index contributed by atoms with van der Waals surface area (Å²) in [5, 5.41) is 3.42. The minimum absolute atomic E-state index is 0.531. The first kappa shape index (κ1) is 9.57. The van der Waals surface area contributed by atoms with Crippen LogP contribution in [-0.2, 0) is 4.74 Å². The summed E-state index contributed by atoms with van der Waals surface area (Å²) in [6.07, 6.45) is 8.66. The van der Waals surface area contributed by atoms with E-state index in [1.54, 1.807) is 7.11 Å². The fourth-order valence-corrected chi connectivity index (χ4v) is 1.37. The Morgan fingerprint density at radius 1 is 1.67 bits per heavy atom. The van der Waals surface area contributed by atoms with E-state index in [1.165, 1.54) is 12.8 Å². The van der Waals surface area contributed by atoms with Gasteiger partial charge in [-0.05, 0) is 18.8 Å². The van der Waals surface area contributed by atoms with Gasteiger partial charge < -0.3 is 10.1 Å². The summed E-state index contributed by atoms with van der Waals surface area (Å²) in [7, 11) is 1.75. The number of methoxy groups -OCH3 is 1. The molecule has 68 valence electrons. The molecule has 0 radical (unpaired) electrons. The Labute approximate surface area is 74.7 Å². The molecule has 0 amide bonds. The summed E-state index contributed by atoms with van der Waals surface area (Å²) >= 11 is 0. The molecule has 2 nitrogen and oxygen atoms in total. The van der Waals surface area contributed by atoms with Gasteiger partial charge in [0.25, 0.3) is 0 Å². The van der Waals surface area contributed by atoms with E-state index in [0.717, 1.165) is 25.5 Å². The Morgan fingerprint density at radius 3 is 2.92 bits per heavy atom. The monoisotopic (exact) mass is 167 g/mol. The molecular formula is C10H17NO.